The minimum atomic E-state index is -1.58. The minimum absolute atomic E-state index is 1.58. The summed E-state index contributed by atoms with van der Waals surface area (Å²) in [6, 6.07) is 0. The summed E-state index contributed by atoms with van der Waals surface area (Å²) in [6.07, 6.45) is 0. The van der Waals surface area contributed by atoms with E-state index in [2.05, 4.69) is 7.85 Å². The highest BCUT2D eigenvalue weighted by Gasteiger charge is 2.06. The molecule has 2 radical (unpaired) electrons. The normalized spacial score (nSPS) is 11.8. The zero-order chi connectivity index (χ0) is 4.50. The van der Waals surface area contributed by atoms with Gasteiger partial charge in [-0.3, -0.25) is 0 Å². The Hall–Kier alpha value is 0.935. The molecule has 0 amide bonds. The van der Waals surface area contributed by atoms with E-state index in [1.807, 2.05) is 0 Å². The SMILES string of the molecule is [B]C(Cl)(Cl)Cl. The molecular weight excluding hydrogens is 129 g/mol. The third-order valence-electron chi connectivity index (χ3n) is 0. The van der Waals surface area contributed by atoms with Crippen molar-refractivity contribution < 1.29 is 0 Å². The molecule has 0 aromatic carbocycles. The number of hydrogen-bond donors (Lipinski definition) is 0. The molecule has 0 N–H and O–H groups in total. The molecule has 0 aromatic heterocycles. The van der Waals surface area contributed by atoms with Crippen molar-refractivity contribution in [1.82, 2.24) is 0 Å². The minimum Gasteiger partial charge on any atom is -0.0957 e. The summed E-state index contributed by atoms with van der Waals surface area (Å²) in [7, 11) is 4.65. The average Bonchev–Trinajstić information content (AvgIpc) is 0.722. The Bertz CT molecular complexity index is 22.4. The summed E-state index contributed by atoms with van der Waals surface area (Å²) in [6.45, 7) is 0. The molecule has 28 valence electrons. The summed E-state index contributed by atoms with van der Waals surface area (Å²) in [4.78, 5) is 0. The lowest BCUT2D eigenvalue weighted by Gasteiger charge is -1.95. The molecule has 0 saturated heterocycles. The van der Waals surface area contributed by atoms with Gasteiger partial charge in [-0.2, -0.15) is 0 Å². The predicted molar refractivity (Wildman–Crippen MR) is 26.0 cm³/mol. The van der Waals surface area contributed by atoms with Gasteiger partial charge in [0, 0.05) is 0 Å². The van der Waals surface area contributed by atoms with E-state index >= 15 is 0 Å². The third kappa shape index (κ3) is 48.6. The fourth-order valence-electron chi connectivity index (χ4n) is 0. The number of alkyl halides is 3. The first-order valence-corrected chi connectivity index (χ1v) is 1.99. The van der Waals surface area contributed by atoms with Gasteiger partial charge in [0.05, 0.1) is 0 Å². The Morgan fingerprint density at radius 3 is 1.20 bits per heavy atom. The first-order valence-electron chi connectivity index (χ1n) is 0.856. The highest BCUT2D eigenvalue weighted by Crippen LogP contribution is 2.19. The number of rotatable bonds is 0. The van der Waals surface area contributed by atoms with Gasteiger partial charge in [-0.1, -0.05) is 34.8 Å². The van der Waals surface area contributed by atoms with Crippen molar-refractivity contribution in [2.75, 3.05) is 0 Å². The molecule has 0 aliphatic carbocycles. The van der Waals surface area contributed by atoms with Gasteiger partial charge in [0.25, 0.3) is 0 Å². The molecule has 0 fully saturated rings. The lowest BCUT2D eigenvalue weighted by molar-refractivity contribution is 1.75. The smallest absolute Gasteiger partial charge is 0.0957 e. The maximum absolute atomic E-state index is 4.84. The van der Waals surface area contributed by atoms with E-state index in [9.17, 15) is 0 Å². The van der Waals surface area contributed by atoms with Gasteiger partial charge in [0.1, 0.15) is 11.5 Å². The summed E-state index contributed by atoms with van der Waals surface area (Å²) in [5.41, 5.74) is 0. The Labute approximate surface area is 46.8 Å². The second-order valence-electron chi connectivity index (χ2n) is 0.542. The second kappa shape index (κ2) is 1.59. The quantitative estimate of drug-likeness (QED) is 0.343. The van der Waals surface area contributed by atoms with Crippen LogP contribution in [0.25, 0.3) is 0 Å². The van der Waals surface area contributed by atoms with Crippen LogP contribution in [-0.2, 0) is 0 Å². The topological polar surface area (TPSA) is 0 Å². The van der Waals surface area contributed by atoms with Crippen LogP contribution in [0.4, 0.5) is 0 Å². The molecule has 0 aromatic rings. The van der Waals surface area contributed by atoms with Gasteiger partial charge in [0.15, 0.2) is 0 Å². The molecular formula is CBCl3. The monoisotopic (exact) mass is 128 g/mol. The Morgan fingerprint density at radius 1 is 1.20 bits per heavy atom. The Morgan fingerprint density at radius 2 is 1.20 bits per heavy atom. The molecule has 4 heteroatoms. The van der Waals surface area contributed by atoms with E-state index in [1.54, 1.807) is 0 Å². The van der Waals surface area contributed by atoms with Gasteiger partial charge >= 0.3 is 0 Å². The van der Waals surface area contributed by atoms with Gasteiger partial charge < -0.3 is 0 Å². The van der Waals surface area contributed by atoms with Crippen LogP contribution in [-0.4, -0.2) is 11.5 Å². The number of hydrogen-bond acceptors (Lipinski definition) is 0. The van der Waals surface area contributed by atoms with E-state index in [4.69, 9.17) is 34.8 Å². The molecule has 0 bridgehead atoms. The summed E-state index contributed by atoms with van der Waals surface area (Å²) in [5, 5.41) is 0. The zero-order valence-electron chi connectivity index (χ0n) is 2.21. The largest absolute Gasteiger partial charge is 0.146 e. The van der Waals surface area contributed by atoms with Crippen molar-refractivity contribution >= 4 is 42.6 Å². The van der Waals surface area contributed by atoms with E-state index in [0.717, 1.165) is 0 Å². The van der Waals surface area contributed by atoms with Crippen LogP contribution in [0.2, 0.25) is 0 Å². The van der Waals surface area contributed by atoms with Crippen LogP contribution < -0.4 is 0 Å². The molecule has 0 atom stereocenters. The Balaban J connectivity index is 3.02. The Kier molecular flexibility index (Phi) is 1.89. The molecule has 0 unspecified atom stereocenters. The van der Waals surface area contributed by atoms with Crippen LogP contribution >= 0.6 is 34.8 Å². The first kappa shape index (κ1) is 5.93. The van der Waals surface area contributed by atoms with Gasteiger partial charge in [-0.05, 0) is 0 Å². The molecule has 0 aliphatic rings. The van der Waals surface area contributed by atoms with Crippen LogP contribution in [0.5, 0.6) is 0 Å². The predicted octanol–water partition coefficient (Wildman–Crippen LogP) is 1.48. The lowest BCUT2D eigenvalue weighted by Crippen LogP contribution is -1.96. The third-order valence-corrected chi connectivity index (χ3v) is 0. The highest BCUT2D eigenvalue weighted by atomic mass is 35.6. The fourth-order valence-corrected chi connectivity index (χ4v) is 0. The molecule has 0 nitrogen and oxygen atoms in total. The molecule has 0 aliphatic heterocycles. The summed E-state index contributed by atoms with van der Waals surface area (Å²) >= 11 is 14.5. The van der Waals surface area contributed by atoms with Crippen molar-refractivity contribution in [3.63, 3.8) is 0 Å². The lowest BCUT2D eigenvalue weighted by atomic mass is 10.2. The van der Waals surface area contributed by atoms with Crippen LogP contribution in [0, 0.1) is 0 Å². The van der Waals surface area contributed by atoms with E-state index in [-0.39, 0.29) is 0 Å². The van der Waals surface area contributed by atoms with Crippen molar-refractivity contribution in [2.45, 2.75) is 3.69 Å². The van der Waals surface area contributed by atoms with E-state index in [0.29, 0.717) is 0 Å². The van der Waals surface area contributed by atoms with Gasteiger partial charge in [0.2, 0.25) is 0 Å². The van der Waals surface area contributed by atoms with E-state index in [1.165, 1.54) is 0 Å². The van der Waals surface area contributed by atoms with Crippen LogP contribution in [0.3, 0.4) is 0 Å². The zero-order valence-corrected chi connectivity index (χ0v) is 4.48. The van der Waals surface area contributed by atoms with Crippen LogP contribution in [0.1, 0.15) is 0 Å². The van der Waals surface area contributed by atoms with Gasteiger partial charge in [-0.15, -0.1) is 0 Å². The summed E-state index contributed by atoms with van der Waals surface area (Å²) < 4.78 is -1.58. The summed E-state index contributed by atoms with van der Waals surface area (Å²) in [5.74, 6) is 0. The van der Waals surface area contributed by atoms with Crippen molar-refractivity contribution in [1.29, 1.82) is 0 Å². The van der Waals surface area contributed by atoms with Crippen LogP contribution in [0.15, 0.2) is 0 Å². The van der Waals surface area contributed by atoms with Crippen molar-refractivity contribution in [3.8, 4) is 0 Å². The molecule has 0 saturated carbocycles. The molecule has 0 rings (SSSR count). The maximum atomic E-state index is 4.84. The molecule has 0 heterocycles. The molecule has 0 spiro atoms. The fraction of sp³-hybridized carbons (Fsp3) is 1.00. The average molecular weight is 129 g/mol. The standard InChI is InChI=1S/CBCl3/c2-1(3,4)5. The van der Waals surface area contributed by atoms with Gasteiger partial charge in [-0.25, -0.2) is 0 Å². The van der Waals surface area contributed by atoms with Crippen molar-refractivity contribution in [2.24, 2.45) is 0 Å². The second-order valence-corrected chi connectivity index (χ2v) is 2.91. The maximum Gasteiger partial charge on any atom is 0.146 e. The first-order chi connectivity index (χ1) is 2.00. The highest BCUT2D eigenvalue weighted by molar-refractivity contribution is 6.81. The van der Waals surface area contributed by atoms with E-state index < -0.39 is 3.69 Å². The number of halogens is 3. The molecule has 5 heavy (non-hydrogen) atoms. The van der Waals surface area contributed by atoms with Crippen molar-refractivity contribution in [3.05, 3.63) is 0 Å².